The first-order valence-corrected chi connectivity index (χ1v) is 7.66. The number of amides is 1. The zero-order valence-corrected chi connectivity index (χ0v) is 12.7. The number of para-hydroxylation sites is 1. The summed E-state index contributed by atoms with van der Waals surface area (Å²) in [4.78, 5) is 22.9. The van der Waals surface area contributed by atoms with Gasteiger partial charge in [-0.1, -0.05) is 43.9 Å². The zero-order chi connectivity index (χ0) is 15.4. The van der Waals surface area contributed by atoms with Crippen molar-refractivity contribution in [2.75, 3.05) is 0 Å². The van der Waals surface area contributed by atoms with Crippen LogP contribution in [0.4, 0.5) is 5.69 Å². The third kappa shape index (κ3) is 3.53. The Morgan fingerprint density at radius 2 is 2.14 bits per heavy atom. The number of hydrogen-bond acceptors (Lipinski definition) is 3. The lowest BCUT2D eigenvalue weighted by molar-refractivity contribution is -0.385. The fourth-order valence-corrected chi connectivity index (χ4v) is 3.26. The van der Waals surface area contributed by atoms with Gasteiger partial charge in [0.25, 0.3) is 5.91 Å². The van der Waals surface area contributed by atoms with E-state index in [1.54, 1.807) is 6.07 Å². The van der Waals surface area contributed by atoms with Crippen LogP contribution in [-0.4, -0.2) is 16.9 Å². The minimum Gasteiger partial charge on any atom is -0.349 e. The molecule has 6 heteroatoms. The number of benzene rings is 1. The van der Waals surface area contributed by atoms with Gasteiger partial charge in [0.05, 0.1) is 4.92 Å². The molecule has 0 heterocycles. The van der Waals surface area contributed by atoms with Gasteiger partial charge in [-0.2, -0.15) is 0 Å². The van der Waals surface area contributed by atoms with Gasteiger partial charge in [0.2, 0.25) is 0 Å². The highest BCUT2D eigenvalue weighted by molar-refractivity contribution is 6.33. The third-order valence-corrected chi connectivity index (χ3v) is 4.47. The maximum atomic E-state index is 12.4. The number of nitrogens with zero attached hydrogens (tertiary/aromatic N) is 1. The normalized spacial score (nSPS) is 21.8. The molecule has 5 nitrogen and oxygen atoms in total. The highest BCUT2D eigenvalue weighted by Gasteiger charge is 2.29. The van der Waals surface area contributed by atoms with Crippen LogP contribution in [0.15, 0.2) is 18.2 Å². The largest absolute Gasteiger partial charge is 0.349 e. The number of nitro benzene ring substituents is 1. The fraction of sp³-hybridized carbons (Fsp3) is 0.533. The van der Waals surface area contributed by atoms with E-state index in [-0.39, 0.29) is 22.3 Å². The lowest BCUT2D eigenvalue weighted by Crippen LogP contribution is -2.42. The Morgan fingerprint density at radius 1 is 1.43 bits per heavy atom. The molecule has 1 saturated carbocycles. The number of hydrogen-bond donors (Lipinski definition) is 1. The van der Waals surface area contributed by atoms with Gasteiger partial charge in [0, 0.05) is 6.04 Å². The van der Waals surface area contributed by atoms with Crippen LogP contribution in [0.2, 0.25) is 5.02 Å². The SMILES string of the molecule is CCC1CCCCC1NC(=O)c1cccc(Cl)c1[N+](=O)[O-]. The summed E-state index contributed by atoms with van der Waals surface area (Å²) in [5.41, 5.74) is -0.284. The summed E-state index contributed by atoms with van der Waals surface area (Å²) in [5.74, 6) is 0.0375. The first kappa shape index (κ1) is 15.8. The van der Waals surface area contributed by atoms with Crippen LogP contribution in [-0.2, 0) is 0 Å². The smallest absolute Gasteiger partial charge is 0.300 e. The van der Waals surface area contributed by atoms with Crippen molar-refractivity contribution in [3.8, 4) is 0 Å². The van der Waals surface area contributed by atoms with Crippen LogP contribution >= 0.6 is 11.6 Å². The molecule has 1 N–H and O–H groups in total. The zero-order valence-electron chi connectivity index (χ0n) is 12.0. The summed E-state index contributed by atoms with van der Waals surface area (Å²) in [6.07, 6.45) is 5.29. The summed E-state index contributed by atoms with van der Waals surface area (Å²) in [6, 6.07) is 4.52. The number of carbonyl (C=O) groups excluding carboxylic acids is 1. The van der Waals surface area contributed by atoms with Crippen LogP contribution in [0.1, 0.15) is 49.4 Å². The summed E-state index contributed by atoms with van der Waals surface area (Å²) in [5, 5.41) is 14.0. The summed E-state index contributed by atoms with van der Waals surface area (Å²) in [6.45, 7) is 2.11. The number of nitrogens with one attached hydrogen (secondary N) is 1. The number of halogens is 1. The average molecular weight is 311 g/mol. The summed E-state index contributed by atoms with van der Waals surface area (Å²) >= 11 is 5.85. The molecule has 0 radical (unpaired) electrons. The van der Waals surface area contributed by atoms with E-state index in [1.165, 1.54) is 18.6 Å². The molecule has 114 valence electrons. The molecule has 1 aliphatic rings. The summed E-state index contributed by atoms with van der Waals surface area (Å²) < 4.78 is 0. The fourth-order valence-electron chi connectivity index (χ4n) is 3.02. The van der Waals surface area contributed by atoms with Crippen LogP contribution in [0.5, 0.6) is 0 Å². The Balaban J connectivity index is 2.20. The molecule has 2 unspecified atom stereocenters. The van der Waals surface area contributed by atoms with Crippen molar-refractivity contribution in [1.29, 1.82) is 0 Å². The Labute approximate surface area is 128 Å². The molecule has 0 bridgehead atoms. The van der Waals surface area contributed by atoms with Crippen LogP contribution < -0.4 is 5.32 Å². The second-order valence-corrected chi connectivity index (χ2v) is 5.83. The van der Waals surface area contributed by atoms with E-state index in [0.717, 1.165) is 25.7 Å². The first-order valence-electron chi connectivity index (χ1n) is 7.28. The summed E-state index contributed by atoms with van der Waals surface area (Å²) in [7, 11) is 0. The highest BCUT2D eigenvalue weighted by Crippen LogP contribution is 2.30. The lowest BCUT2D eigenvalue weighted by atomic mass is 9.83. The second-order valence-electron chi connectivity index (χ2n) is 5.43. The first-order chi connectivity index (χ1) is 10.0. The Hall–Kier alpha value is -1.62. The minimum atomic E-state index is -0.602. The van der Waals surface area contributed by atoms with Gasteiger partial charge in [-0.25, -0.2) is 0 Å². The van der Waals surface area contributed by atoms with Crippen molar-refractivity contribution in [3.63, 3.8) is 0 Å². The van der Waals surface area contributed by atoms with E-state index in [9.17, 15) is 14.9 Å². The Bertz CT molecular complexity index is 548. The number of nitro groups is 1. The maximum absolute atomic E-state index is 12.4. The Kier molecular flexibility index (Phi) is 5.17. The predicted octanol–water partition coefficient (Wildman–Crippen LogP) is 3.95. The Morgan fingerprint density at radius 3 is 2.81 bits per heavy atom. The van der Waals surface area contributed by atoms with Gasteiger partial charge in [-0.15, -0.1) is 0 Å². The van der Waals surface area contributed by atoms with E-state index in [0.29, 0.717) is 5.92 Å². The number of carbonyl (C=O) groups is 1. The van der Waals surface area contributed by atoms with Gasteiger partial charge in [-0.3, -0.25) is 14.9 Å². The van der Waals surface area contributed by atoms with E-state index in [2.05, 4.69) is 12.2 Å². The lowest BCUT2D eigenvalue weighted by Gasteiger charge is -2.31. The molecule has 0 aromatic heterocycles. The standard InChI is InChI=1S/C15H19ClN2O3/c1-2-10-6-3-4-9-13(10)17-15(19)11-7-5-8-12(16)14(11)18(20)21/h5,7-8,10,13H,2-4,6,9H2,1H3,(H,17,19). The van der Waals surface area contributed by atoms with Crippen molar-refractivity contribution < 1.29 is 9.72 Å². The van der Waals surface area contributed by atoms with Gasteiger partial charge >= 0.3 is 5.69 Å². The van der Waals surface area contributed by atoms with E-state index in [1.807, 2.05) is 0 Å². The predicted molar refractivity (Wildman–Crippen MR) is 81.6 cm³/mol. The van der Waals surface area contributed by atoms with Crippen molar-refractivity contribution >= 4 is 23.2 Å². The topological polar surface area (TPSA) is 72.2 Å². The molecule has 0 spiro atoms. The number of rotatable bonds is 4. The van der Waals surface area contributed by atoms with Crippen molar-refractivity contribution in [2.45, 2.75) is 45.1 Å². The third-order valence-electron chi connectivity index (χ3n) is 4.16. The monoisotopic (exact) mass is 310 g/mol. The molecule has 1 aromatic rings. The molecule has 2 atom stereocenters. The van der Waals surface area contributed by atoms with Gasteiger partial charge in [0.1, 0.15) is 10.6 Å². The molecule has 0 aliphatic heterocycles. The van der Waals surface area contributed by atoms with Crippen molar-refractivity contribution in [3.05, 3.63) is 38.9 Å². The molecule has 1 aliphatic carbocycles. The van der Waals surface area contributed by atoms with E-state index < -0.39 is 10.8 Å². The van der Waals surface area contributed by atoms with Crippen LogP contribution in [0.3, 0.4) is 0 Å². The molecule has 21 heavy (non-hydrogen) atoms. The quantitative estimate of drug-likeness (QED) is 0.676. The molecule has 1 fully saturated rings. The molecule has 1 amide bonds. The van der Waals surface area contributed by atoms with Crippen LogP contribution in [0.25, 0.3) is 0 Å². The maximum Gasteiger partial charge on any atom is 0.300 e. The van der Waals surface area contributed by atoms with E-state index in [4.69, 9.17) is 11.6 Å². The minimum absolute atomic E-state index is 0.0108. The van der Waals surface area contributed by atoms with Crippen LogP contribution in [0, 0.1) is 16.0 Å². The molecular formula is C15H19ClN2O3. The highest BCUT2D eigenvalue weighted by atomic mass is 35.5. The molecular weight excluding hydrogens is 292 g/mol. The molecule has 1 aromatic carbocycles. The van der Waals surface area contributed by atoms with Crippen molar-refractivity contribution in [1.82, 2.24) is 5.32 Å². The van der Waals surface area contributed by atoms with Gasteiger partial charge in [0.15, 0.2) is 0 Å². The van der Waals surface area contributed by atoms with Gasteiger partial charge in [-0.05, 0) is 30.9 Å². The van der Waals surface area contributed by atoms with E-state index >= 15 is 0 Å². The molecule has 2 rings (SSSR count). The second kappa shape index (κ2) is 6.89. The average Bonchev–Trinajstić information content (AvgIpc) is 2.47. The van der Waals surface area contributed by atoms with Gasteiger partial charge < -0.3 is 5.32 Å². The molecule has 0 saturated heterocycles. The van der Waals surface area contributed by atoms with Crippen molar-refractivity contribution in [2.24, 2.45) is 5.92 Å².